The number of hydrogen-bond donors (Lipinski definition) is 1. The van der Waals surface area contributed by atoms with Gasteiger partial charge < -0.3 is 15.2 Å². The van der Waals surface area contributed by atoms with Crippen molar-refractivity contribution < 1.29 is 9.47 Å². The third-order valence-electron chi connectivity index (χ3n) is 2.74. The number of nitrogens with two attached hydrogens (primary N) is 1. The summed E-state index contributed by atoms with van der Waals surface area (Å²) >= 11 is 3.41. The SMILES string of the molecule is COc1ccc(COCc2ccc(Br)cc2)cc1N. The van der Waals surface area contributed by atoms with Crippen LogP contribution in [-0.4, -0.2) is 7.11 Å². The largest absolute Gasteiger partial charge is 0.495 e. The molecule has 4 heteroatoms. The van der Waals surface area contributed by atoms with E-state index >= 15 is 0 Å². The maximum Gasteiger partial charge on any atom is 0.141 e. The summed E-state index contributed by atoms with van der Waals surface area (Å²) in [5, 5.41) is 0. The highest BCUT2D eigenvalue weighted by molar-refractivity contribution is 9.10. The summed E-state index contributed by atoms with van der Waals surface area (Å²) in [5.41, 5.74) is 8.66. The van der Waals surface area contributed by atoms with Gasteiger partial charge in [-0.1, -0.05) is 34.1 Å². The number of nitrogen functional groups attached to an aromatic ring is 1. The summed E-state index contributed by atoms with van der Waals surface area (Å²) in [5.74, 6) is 0.691. The number of halogens is 1. The fraction of sp³-hybridized carbons (Fsp3) is 0.200. The lowest BCUT2D eigenvalue weighted by Gasteiger charge is -2.08. The molecule has 2 aromatic carbocycles. The van der Waals surface area contributed by atoms with Crippen molar-refractivity contribution in [3.8, 4) is 5.75 Å². The number of benzene rings is 2. The molecule has 2 rings (SSSR count). The number of anilines is 1. The zero-order valence-corrected chi connectivity index (χ0v) is 12.3. The van der Waals surface area contributed by atoms with E-state index < -0.39 is 0 Å². The van der Waals surface area contributed by atoms with Crippen molar-refractivity contribution in [1.82, 2.24) is 0 Å². The molecule has 100 valence electrons. The summed E-state index contributed by atoms with van der Waals surface area (Å²) < 4.78 is 11.8. The highest BCUT2D eigenvalue weighted by Gasteiger charge is 2.01. The lowest BCUT2D eigenvalue weighted by atomic mass is 10.2. The van der Waals surface area contributed by atoms with Gasteiger partial charge in [-0.3, -0.25) is 0 Å². The fourth-order valence-corrected chi connectivity index (χ4v) is 2.01. The Morgan fingerprint density at radius 2 is 1.63 bits per heavy atom. The maximum atomic E-state index is 5.85. The van der Waals surface area contributed by atoms with E-state index in [1.165, 1.54) is 0 Å². The molecule has 0 bridgehead atoms. The van der Waals surface area contributed by atoms with E-state index in [1.54, 1.807) is 7.11 Å². The first-order valence-corrected chi connectivity index (χ1v) is 6.73. The van der Waals surface area contributed by atoms with Crippen LogP contribution in [0.1, 0.15) is 11.1 Å². The predicted octanol–water partition coefficient (Wildman–Crippen LogP) is 3.76. The van der Waals surface area contributed by atoms with Gasteiger partial charge in [0.15, 0.2) is 0 Å². The Bertz CT molecular complexity index is 540. The van der Waals surface area contributed by atoms with Crippen molar-refractivity contribution >= 4 is 21.6 Å². The second-order valence-electron chi connectivity index (χ2n) is 4.20. The van der Waals surface area contributed by atoms with Crippen LogP contribution in [0.3, 0.4) is 0 Å². The summed E-state index contributed by atoms with van der Waals surface area (Å²) in [7, 11) is 1.61. The molecule has 2 N–H and O–H groups in total. The third-order valence-corrected chi connectivity index (χ3v) is 3.27. The molecule has 19 heavy (non-hydrogen) atoms. The summed E-state index contributed by atoms with van der Waals surface area (Å²) in [4.78, 5) is 0. The van der Waals surface area contributed by atoms with Gasteiger partial charge in [-0.2, -0.15) is 0 Å². The number of methoxy groups -OCH3 is 1. The molecule has 0 heterocycles. The van der Waals surface area contributed by atoms with Crippen molar-refractivity contribution in [1.29, 1.82) is 0 Å². The van der Waals surface area contributed by atoms with Crippen LogP contribution in [0, 0.1) is 0 Å². The van der Waals surface area contributed by atoms with Crippen molar-refractivity contribution in [3.63, 3.8) is 0 Å². The van der Waals surface area contributed by atoms with Crippen molar-refractivity contribution in [2.45, 2.75) is 13.2 Å². The topological polar surface area (TPSA) is 44.5 Å². The van der Waals surface area contributed by atoms with Gasteiger partial charge in [-0.05, 0) is 35.4 Å². The van der Waals surface area contributed by atoms with Gasteiger partial charge in [0.1, 0.15) is 5.75 Å². The van der Waals surface area contributed by atoms with E-state index in [-0.39, 0.29) is 0 Å². The first-order chi connectivity index (χ1) is 9.19. The second-order valence-corrected chi connectivity index (χ2v) is 5.11. The number of rotatable bonds is 5. The van der Waals surface area contributed by atoms with Gasteiger partial charge in [0.2, 0.25) is 0 Å². The normalized spacial score (nSPS) is 10.4. The molecular formula is C15H16BrNO2. The molecule has 0 atom stereocenters. The van der Waals surface area contributed by atoms with Gasteiger partial charge in [0, 0.05) is 4.47 Å². The average Bonchev–Trinajstić information content (AvgIpc) is 2.41. The van der Waals surface area contributed by atoms with Crippen LogP contribution in [-0.2, 0) is 18.0 Å². The molecule has 0 amide bonds. The van der Waals surface area contributed by atoms with Crippen LogP contribution in [0.25, 0.3) is 0 Å². The summed E-state index contributed by atoms with van der Waals surface area (Å²) in [6.07, 6.45) is 0. The molecule has 0 radical (unpaired) electrons. The standard InChI is InChI=1S/C15H16BrNO2/c1-18-15-7-4-12(8-14(15)17)10-19-9-11-2-5-13(16)6-3-11/h2-8H,9-10,17H2,1H3. The van der Waals surface area contributed by atoms with Crippen LogP contribution in [0.15, 0.2) is 46.9 Å². The molecule has 0 unspecified atom stereocenters. The van der Waals surface area contributed by atoms with Crippen LogP contribution < -0.4 is 10.5 Å². The Labute approximate surface area is 121 Å². The minimum absolute atomic E-state index is 0.532. The quantitative estimate of drug-likeness (QED) is 0.853. The van der Waals surface area contributed by atoms with Crippen molar-refractivity contribution in [2.24, 2.45) is 0 Å². The number of ether oxygens (including phenoxy) is 2. The Morgan fingerprint density at radius 3 is 2.26 bits per heavy atom. The molecule has 0 fully saturated rings. The van der Waals surface area contributed by atoms with Gasteiger partial charge in [-0.15, -0.1) is 0 Å². The highest BCUT2D eigenvalue weighted by atomic mass is 79.9. The fourth-order valence-electron chi connectivity index (χ4n) is 1.74. The molecule has 0 saturated carbocycles. The molecule has 2 aromatic rings. The van der Waals surface area contributed by atoms with Gasteiger partial charge in [0.05, 0.1) is 26.0 Å². The lowest BCUT2D eigenvalue weighted by molar-refractivity contribution is 0.107. The molecule has 3 nitrogen and oxygen atoms in total. The predicted molar refractivity (Wildman–Crippen MR) is 80.0 cm³/mol. The molecule has 0 aliphatic carbocycles. The smallest absolute Gasteiger partial charge is 0.141 e. The molecule has 0 saturated heterocycles. The molecule has 0 aliphatic rings. The number of hydrogen-bond acceptors (Lipinski definition) is 3. The Hall–Kier alpha value is -1.52. The monoisotopic (exact) mass is 321 g/mol. The van der Waals surface area contributed by atoms with E-state index in [9.17, 15) is 0 Å². The lowest BCUT2D eigenvalue weighted by Crippen LogP contribution is -1.97. The molecule has 0 spiro atoms. The van der Waals surface area contributed by atoms with Crippen LogP contribution in [0.5, 0.6) is 5.75 Å². The van der Waals surface area contributed by atoms with Gasteiger partial charge in [0.25, 0.3) is 0 Å². The Kier molecular flexibility index (Phi) is 4.82. The van der Waals surface area contributed by atoms with Crippen molar-refractivity contribution in [2.75, 3.05) is 12.8 Å². The van der Waals surface area contributed by atoms with Crippen LogP contribution in [0.4, 0.5) is 5.69 Å². The van der Waals surface area contributed by atoms with E-state index in [4.69, 9.17) is 15.2 Å². The average molecular weight is 322 g/mol. The molecule has 0 aromatic heterocycles. The Balaban J connectivity index is 1.88. The minimum atomic E-state index is 0.532. The summed E-state index contributed by atoms with van der Waals surface area (Å²) in [6, 6.07) is 13.8. The second kappa shape index (κ2) is 6.59. The Morgan fingerprint density at radius 1 is 1.00 bits per heavy atom. The van der Waals surface area contributed by atoms with Crippen LogP contribution in [0.2, 0.25) is 0 Å². The molecule has 0 aliphatic heterocycles. The van der Waals surface area contributed by atoms with E-state index in [1.807, 2.05) is 42.5 Å². The van der Waals surface area contributed by atoms with E-state index in [0.29, 0.717) is 24.7 Å². The van der Waals surface area contributed by atoms with Gasteiger partial charge >= 0.3 is 0 Å². The van der Waals surface area contributed by atoms with E-state index in [0.717, 1.165) is 15.6 Å². The first-order valence-electron chi connectivity index (χ1n) is 5.93. The third kappa shape index (κ3) is 3.98. The zero-order chi connectivity index (χ0) is 13.7. The van der Waals surface area contributed by atoms with Crippen LogP contribution >= 0.6 is 15.9 Å². The molecular weight excluding hydrogens is 306 g/mol. The van der Waals surface area contributed by atoms with E-state index in [2.05, 4.69) is 15.9 Å². The maximum absolute atomic E-state index is 5.85. The van der Waals surface area contributed by atoms with Gasteiger partial charge in [-0.25, -0.2) is 0 Å². The first kappa shape index (κ1) is 13.9. The minimum Gasteiger partial charge on any atom is -0.495 e. The van der Waals surface area contributed by atoms with Crippen molar-refractivity contribution in [3.05, 3.63) is 58.1 Å². The summed E-state index contributed by atoms with van der Waals surface area (Å²) in [6.45, 7) is 1.11. The zero-order valence-electron chi connectivity index (χ0n) is 10.7. The highest BCUT2D eigenvalue weighted by Crippen LogP contribution is 2.22.